The third-order valence-electron chi connectivity index (χ3n) is 4.33. The van der Waals surface area contributed by atoms with Gasteiger partial charge in [-0.05, 0) is 24.6 Å². The fourth-order valence-electron chi connectivity index (χ4n) is 3.13. The lowest BCUT2D eigenvalue weighted by molar-refractivity contribution is 0.0519. The van der Waals surface area contributed by atoms with Crippen LogP contribution in [0, 0.1) is 0 Å². The zero-order valence-corrected chi connectivity index (χ0v) is 14.6. The van der Waals surface area contributed by atoms with Gasteiger partial charge in [-0.1, -0.05) is 42.5 Å². The van der Waals surface area contributed by atoms with Crippen molar-refractivity contribution in [3.63, 3.8) is 0 Å². The molecule has 136 valence electrons. The second-order valence-electron chi connectivity index (χ2n) is 6.03. The summed E-state index contributed by atoms with van der Waals surface area (Å²) < 4.78 is 7.91. The highest BCUT2D eigenvalue weighted by Crippen LogP contribution is 2.25. The number of para-hydroxylation sites is 2. The van der Waals surface area contributed by atoms with Gasteiger partial charge in [-0.15, -0.1) is 0 Å². The third-order valence-corrected chi connectivity index (χ3v) is 4.33. The molecule has 0 spiro atoms. The van der Waals surface area contributed by atoms with Gasteiger partial charge in [-0.3, -0.25) is 4.79 Å². The Balaban J connectivity index is 2.08. The molecule has 2 aromatic heterocycles. The molecule has 0 aliphatic rings. The van der Waals surface area contributed by atoms with Crippen molar-refractivity contribution in [2.24, 2.45) is 0 Å². The van der Waals surface area contributed by atoms with Crippen LogP contribution < -0.4 is 5.56 Å². The van der Waals surface area contributed by atoms with E-state index in [-0.39, 0.29) is 18.8 Å². The van der Waals surface area contributed by atoms with Gasteiger partial charge in [-0.25, -0.2) is 19.0 Å². The van der Waals surface area contributed by atoms with Crippen molar-refractivity contribution in [1.82, 2.24) is 14.2 Å². The van der Waals surface area contributed by atoms with Crippen LogP contribution in [0.3, 0.4) is 0 Å². The lowest BCUT2D eigenvalue weighted by Crippen LogP contribution is -2.32. The minimum Gasteiger partial charge on any atom is -0.503 e. The standard InChI is InChI=1S/C20H17N3O4/c1-2-27-20(26)16-17(24)18-21-14-10-6-7-11-15(14)23(18)22(19(16)25)12-13-8-4-3-5-9-13/h3-11,24H,2,12H2,1H3. The predicted octanol–water partition coefficient (Wildman–Crippen LogP) is 2.58. The van der Waals surface area contributed by atoms with E-state index >= 15 is 0 Å². The maximum Gasteiger partial charge on any atom is 0.347 e. The first-order chi connectivity index (χ1) is 13.1. The van der Waals surface area contributed by atoms with Crippen molar-refractivity contribution < 1.29 is 14.6 Å². The van der Waals surface area contributed by atoms with E-state index in [4.69, 9.17) is 4.74 Å². The topological polar surface area (TPSA) is 85.8 Å². The molecule has 0 fully saturated rings. The van der Waals surface area contributed by atoms with Crippen molar-refractivity contribution >= 4 is 22.6 Å². The van der Waals surface area contributed by atoms with Crippen LogP contribution in [0.25, 0.3) is 16.7 Å². The average molecular weight is 363 g/mol. The highest BCUT2D eigenvalue weighted by molar-refractivity contribution is 5.95. The molecular formula is C20H17N3O4. The Bertz CT molecular complexity index is 1210. The normalized spacial score (nSPS) is 11.1. The molecule has 4 rings (SSSR count). The predicted molar refractivity (Wildman–Crippen MR) is 100 cm³/mol. The van der Waals surface area contributed by atoms with E-state index in [0.29, 0.717) is 11.0 Å². The van der Waals surface area contributed by atoms with Gasteiger partial charge in [0.1, 0.15) is 0 Å². The summed E-state index contributed by atoms with van der Waals surface area (Å²) >= 11 is 0. The quantitative estimate of drug-likeness (QED) is 0.563. The summed E-state index contributed by atoms with van der Waals surface area (Å²) in [4.78, 5) is 29.8. The van der Waals surface area contributed by atoms with Gasteiger partial charge in [-0.2, -0.15) is 0 Å². The van der Waals surface area contributed by atoms with Crippen molar-refractivity contribution in [3.05, 3.63) is 76.1 Å². The third kappa shape index (κ3) is 2.73. The number of imidazole rings is 1. The number of aromatic hydroxyl groups is 1. The molecule has 27 heavy (non-hydrogen) atoms. The largest absolute Gasteiger partial charge is 0.503 e. The van der Waals surface area contributed by atoms with Crippen LogP contribution in [-0.2, 0) is 11.3 Å². The number of esters is 1. The summed E-state index contributed by atoms with van der Waals surface area (Å²) in [5, 5.41) is 10.6. The molecule has 0 saturated carbocycles. The van der Waals surface area contributed by atoms with Crippen LogP contribution in [-0.4, -0.2) is 31.9 Å². The van der Waals surface area contributed by atoms with E-state index in [1.54, 1.807) is 23.6 Å². The van der Waals surface area contributed by atoms with Crippen molar-refractivity contribution in [3.8, 4) is 5.75 Å². The molecule has 7 heteroatoms. The number of ether oxygens (including phenoxy) is 1. The van der Waals surface area contributed by atoms with Crippen molar-refractivity contribution in [1.29, 1.82) is 0 Å². The van der Waals surface area contributed by atoms with Crippen LogP contribution in [0.5, 0.6) is 5.75 Å². The first-order valence-electron chi connectivity index (χ1n) is 8.56. The molecule has 0 atom stereocenters. The number of carbonyl (C=O) groups excluding carboxylic acids is 1. The van der Waals surface area contributed by atoms with Gasteiger partial charge in [0.25, 0.3) is 5.56 Å². The molecule has 2 heterocycles. The molecule has 0 amide bonds. The Morgan fingerprint density at radius 3 is 2.56 bits per heavy atom. The molecule has 0 unspecified atom stereocenters. The Morgan fingerprint density at radius 2 is 1.81 bits per heavy atom. The van der Waals surface area contributed by atoms with Crippen LogP contribution in [0.4, 0.5) is 0 Å². The zero-order chi connectivity index (χ0) is 19.0. The molecule has 1 N–H and O–H groups in total. The van der Waals surface area contributed by atoms with Gasteiger partial charge >= 0.3 is 5.97 Å². The molecule has 4 aromatic rings. The molecule has 0 saturated heterocycles. The number of hydrogen-bond acceptors (Lipinski definition) is 5. The van der Waals surface area contributed by atoms with Crippen molar-refractivity contribution in [2.45, 2.75) is 13.5 Å². The summed E-state index contributed by atoms with van der Waals surface area (Å²) in [7, 11) is 0. The summed E-state index contributed by atoms with van der Waals surface area (Å²) in [6.45, 7) is 1.95. The second-order valence-corrected chi connectivity index (χ2v) is 6.03. The molecule has 7 nitrogen and oxygen atoms in total. The molecule has 0 aliphatic carbocycles. The Kier molecular flexibility index (Phi) is 4.12. The van der Waals surface area contributed by atoms with E-state index in [1.165, 1.54) is 4.68 Å². The Morgan fingerprint density at radius 1 is 1.11 bits per heavy atom. The first-order valence-corrected chi connectivity index (χ1v) is 8.56. The molecule has 0 aliphatic heterocycles. The molecule has 0 bridgehead atoms. The number of nitrogens with zero attached hydrogens (tertiary/aromatic N) is 3. The smallest absolute Gasteiger partial charge is 0.347 e. The summed E-state index contributed by atoms with van der Waals surface area (Å²) in [6.07, 6.45) is 0. The number of aromatic nitrogens is 3. The lowest BCUT2D eigenvalue weighted by atomic mass is 10.2. The van der Waals surface area contributed by atoms with Crippen molar-refractivity contribution in [2.75, 3.05) is 6.61 Å². The fraction of sp³-hybridized carbons (Fsp3) is 0.150. The maximum atomic E-state index is 13.1. The maximum absolute atomic E-state index is 13.1. The number of benzene rings is 2. The van der Waals surface area contributed by atoms with E-state index in [2.05, 4.69) is 4.98 Å². The molecule has 0 radical (unpaired) electrons. The number of hydrogen-bond donors (Lipinski definition) is 1. The lowest BCUT2D eigenvalue weighted by Gasteiger charge is -2.14. The van der Waals surface area contributed by atoms with E-state index in [9.17, 15) is 14.7 Å². The first kappa shape index (κ1) is 16.8. The van der Waals surface area contributed by atoms with E-state index < -0.39 is 22.8 Å². The van der Waals surface area contributed by atoms with Gasteiger partial charge in [0.15, 0.2) is 17.0 Å². The van der Waals surface area contributed by atoms with Crippen LogP contribution >= 0.6 is 0 Å². The van der Waals surface area contributed by atoms with Crippen LogP contribution in [0.1, 0.15) is 22.8 Å². The monoisotopic (exact) mass is 363 g/mol. The average Bonchev–Trinajstić information content (AvgIpc) is 3.06. The minimum absolute atomic E-state index is 0.0952. The molecular weight excluding hydrogens is 346 g/mol. The Labute approximate surface area is 154 Å². The highest BCUT2D eigenvalue weighted by atomic mass is 16.5. The van der Waals surface area contributed by atoms with E-state index in [1.807, 2.05) is 42.5 Å². The fourth-order valence-corrected chi connectivity index (χ4v) is 3.13. The minimum atomic E-state index is -0.864. The molecule has 2 aromatic carbocycles. The van der Waals surface area contributed by atoms with Gasteiger partial charge in [0.2, 0.25) is 0 Å². The highest BCUT2D eigenvalue weighted by Gasteiger charge is 2.25. The van der Waals surface area contributed by atoms with Gasteiger partial charge < -0.3 is 9.84 Å². The van der Waals surface area contributed by atoms with E-state index in [0.717, 1.165) is 5.56 Å². The summed E-state index contributed by atoms with van der Waals surface area (Å²) in [6, 6.07) is 16.6. The summed E-state index contributed by atoms with van der Waals surface area (Å²) in [5.41, 5.74) is 1.23. The van der Waals surface area contributed by atoms with Gasteiger partial charge in [0, 0.05) is 0 Å². The second kappa shape index (κ2) is 6.60. The number of fused-ring (bicyclic) bond motifs is 3. The number of carbonyl (C=O) groups is 1. The van der Waals surface area contributed by atoms with Crippen LogP contribution in [0.15, 0.2) is 59.4 Å². The van der Waals surface area contributed by atoms with Gasteiger partial charge in [0.05, 0.1) is 24.2 Å². The number of rotatable bonds is 4. The zero-order valence-electron chi connectivity index (χ0n) is 14.6. The van der Waals surface area contributed by atoms with Crippen LogP contribution in [0.2, 0.25) is 0 Å². The SMILES string of the molecule is CCOC(=O)c1c(O)c2nc3ccccc3n2n(Cc2ccccc2)c1=O. The Hall–Kier alpha value is -3.61. The summed E-state index contributed by atoms with van der Waals surface area (Å²) in [5.74, 6) is -1.34.